The number of fused-ring (bicyclic) bond motifs is 19. The summed E-state index contributed by atoms with van der Waals surface area (Å²) in [6, 6.07) is 95.7. The van der Waals surface area contributed by atoms with Crippen molar-refractivity contribution in [2.75, 3.05) is 9.80 Å². The van der Waals surface area contributed by atoms with E-state index in [2.05, 4.69) is 275 Å². The lowest BCUT2D eigenvalue weighted by molar-refractivity contribution is 0.673. The molecular weight excluding hydrogens is 887 g/mol. The molecule has 16 rings (SSSR count). The van der Waals surface area contributed by atoms with Gasteiger partial charge in [-0.25, -0.2) is 0 Å². The number of aromatic nitrogens is 1. The monoisotopic (exact) mass is 929 g/mol. The molecule has 0 N–H and O–H groups in total. The Morgan fingerprint density at radius 3 is 1.55 bits per heavy atom. The molecule has 4 nitrogen and oxygen atoms in total. The third-order valence-electron chi connectivity index (χ3n) is 15.9. The number of rotatable bonds is 6. The van der Waals surface area contributed by atoms with E-state index in [1.54, 1.807) is 0 Å². The Balaban J connectivity index is 1.02. The van der Waals surface area contributed by atoms with Crippen LogP contribution in [0.1, 0.15) is 22.3 Å². The molecule has 2 aromatic heterocycles. The van der Waals surface area contributed by atoms with E-state index < -0.39 is 5.41 Å². The highest BCUT2D eigenvalue weighted by molar-refractivity contribution is 6.28. The van der Waals surface area contributed by atoms with Crippen molar-refractivity contribution in [3.05, 3.63) is 283 Å². The average molecular weight is 930 g/mol. The molecule has 0 unspecified atom stereocenters. The van der Waals surface area contributed by atoms with Crippen molar-refractivity contribution in [3.8, 4) is 16.8 Å². The summed E-state index contributed by atoms with van der Waals surface area (Å²) in [5.74, 6) is 0. The Kier molecular flexibility index (Phi) is 8.35. The quantitative estimate of drug-likeness (QED) is 0.166. The predicted molar refractivity (Wildman–Crippen MR) is 303 cm³/mol. The SMILES string of the molecule is c1ccc(N(c2ccccc2)c2cc3c(oc4c(N(c5ccccc5)c5ccc6c(c5)C5(c7ccccc7-c7ccccc75)c5cccc7c8ccccc8n-6c57)cc5ccccc5c43)c3ccccc23)cc1. The van der Waals surface area contributed by atoms with Gasteiger partial charge in [0.15, 0.2) is 5.58 Å². The number of nitrogens with zero attached hydrogens (tertiary/aromatic N) is 3. The number of furan rings is 1. The standard InChI is InChI=1S/C69H43N3O/c1-4-22-45(23-5-1)70(46-24-6-2-7-25-46)63-43-56-65-49-28-11-10-21-44(49)41-64(68(65)73-67(56)55-33-13-12-32-53(55)63)71(47-26-8-3-9-27-47)48-39-40-62-60(42-48)69(57-35-17-14-29-50(57)51-30-15-18-36-58(51)69)59-37-20-34-54-52-31-16-19-38-61(52)72(62)66(54)59/h1-43H. The van der Waals surface area contributed by atoms with Gasteiger partial charge in [0, 0.05) is 55.1 Å². The first kappa shape index (κ1) is 40.1. The van der Waals surface area contributed by atoms with Crippen LogP contribution in [0.4, 0.5) is 34.1 Å². The van der Waals surface area contributed by atoms with Gasteiger partial charge in [-0.05, 0) is 117 Å². The van der Waals surface area contributed by atoms with Crippen molar-refractivity contribution in [2.45, 2.75) is 5.41 Å². The number of para-hydroxylation sites is 5. The number of benzene rings is 12. The first-order valence-corrected chi connectivity index (χ1v) is 25.2. The Bertz CT molecular complexity index is 4490. The highest BCUT2D eigenvalue weighted by Gasteiger charge is 2.51. The van der Waals surface area contributed by atoms with Gasteiger partial charge < -0.3 is 18.8 Å². The molecule has 1 aliphatic heterocycles. The van der Waals surface area contributed by atoms with Gasteiger partial charge in [0.25, 0.3) is 0 Å². The second kappa shape index (κ2) is 15.2. The Morgan fingerprint density at radius 2 is 0.863 bits per heavy atom. The van der Waals surface area contributed by atoms with E-state index in [9.17, 15) is 0 Å². The molecule has 73 heavy (non-hydrogen) atoms. The lowest BCUT2D eigenvalue weighted by atomic mass is 9.65. The van der Waals surface area contributed by atoms with E-state index in [-0.39, 0.29) is 0 Å². The molecule has 340 valence electrons. The van der Waals surface area contributed by atoms with Crippen LogP contribution in [0.2, 0.25) is 0 Å². The lowest BCUT2D eigenvalue weighted by Crippen LogP contribution is -2.33. The van der Waals surface area contributed by atoms with E-state index in [0.717, 1.165) is 77.6 Å². The molecule has 1 spiro atoms. The zero-order valence-corrected chi connectivity index (χ0v) is 39.6. The van der Waals surface area contributed by atoms with Crippen molar-refractivity contribution < 1.29 is 4.42 Å². The molecule has 12 aromatic carbocycles. The molecule has 3 heterocycles. The smallest absolute Gasteiger partial charge is 0.160 e. The zero-order chi connectivity index (χ0) is 47.8. The topological polar surface area (TPSA) is 24.6 Å². The van der Waals surface area contributed by atoms with Gasteiger partial charge in [-0.3, -0.25) is 0 Å². The first-order chi connectivity index (χ1) is 36.3. The van der Waals surface area contributed by atoms with E-state index in [1.165, 1.54) is 60.9 Å². The molecule has 0 atom stereocenters. The second-order valence-corrected chi connectivity index (χ2v) is 19.5. The third-order valence-corrected chi connectivity index (χ3v) is 15.9. The second-order valence-electron chi connectivity index (χ2n) is 19.5. The first-order valence-electron chi connectivity index (χ1n) is 25.2. The maximum absolute atomic E-state index is 7.53. The molecular formula is C69H43N3O. The minimum absolute atomic E-state index is 0.610. The fourth-order valence-corrected chi connectivity index (χ4v) is 13.0. The minimum Gasteiger partial charge on any atom is -0.453 e. The van der Waals surface area contributed by atoms with Gasteiger partial charge in [-0.2, -0.15) is 0 Å². The van der Waals surface area contributed by atoms with Crippen LogP contribution in [0.5, 0.6) is 0 Å². The van der Waals surface area contributed by atoms with Crippen molar-refractivity contribution in [2.24, 2.45) is 0 Å². The molecule has 2 aliphatic rings. The summed E-state index contributed by atoms with van der Waals surface area (Å²) in [5.41, 5.74) is 18.7. The largest absolute Gasteiger partial charge is 0.453 e. The summed E-state index contributed by atoms with van der Waals surface area (Å²) in [6.07, 6.45) is 0. The maximum atomic E-state index is 7.53. The van der Waals surface area contributed by atoms with Crippen LogP contribution >= 0.6 is 0 Å². The normalized spacial score (nSPS) is 13.0. The summed E-state index contributed by atoms with van der Waals surface area (Å²) in [4.78, 5) is 4.82. The van der Waals surface area contributed by atoms with Crippen LogP contribution in [-0.4, -0.2) is 4.57 Å². The van der Waals surface area contributed by atoms with Crippen molar-refractivity contribution in [3.63, 3.8) is 0 Å². The number of anilines is 6. The van der Waals surface area contributed by atoms with Crippen molar-refractivity contribution >= 4 is 99.4 Å². The molecule has 0 saturated heterocycles. The van der Waals surface area contributed by atoms with Crippen molar-refractivity contribution in [1.82, 2.24) is 4.57 Å². The molecule has 0 radical (unpaired) electrons. The van der Waals surface area contributed by atoms with E-state index in [4.69, 9.17) is 4.42 Å². The Hall–Kier alpha value is -9.64. The van der Waals surface area contributed by atoms with Crippen LogP contribution in [0, 0.1) is 0 Å². The van der Waals surface area contributed by atoms with Crippen LogP contribution in [0.15, 0.2) is 265 Å². The van der Waals surface area contributed by atoms with Crippen molar-refractivity contribution in [1.29, 1.82) is 0 Å². The molecule has 0 fully saturated rings. The highest BCUT2D eigenvalue weighted by atomic mass is 16.3. The number of hydrogen-bond donors (Lipinski definition) is 0. The Morgan fingerprint density at radius 1 is 0.329 bits per heavy atom. The maximum Gasteiger partial charge on any atom is 0.160 e. The van der Waals surface area contributed by atoms with Gasteiger partial charge in [-0.1, -0.05) is 188 Å². The van der Waals surface area contributed by atoms with Gasteiger partial charge >= 0.3 is 0 Å². The molecule has 0 saturated carbocycles. The highest BCUT2D eigenvalue weighted by Crippen LogP contribution is 2.62. The van der Waals surface area contributed by atoms with Gasteiger partial charge in [0.2, 0.25) is 0 Å². The average Bonchev–Trinajstić information content (AvgIpc) is 4.12. The van der Waals surface area contributed by atoms with E-state index in [1.807, 2.05) is 0 Å². The summed E-state index contributed by atoms with van der Waals surface area (Å²) < 4.78 is 10.1. The van der Waals surface area contributed by atoms with Crippen LogP contribution in [0.25, 0.3) is 82.1 Å². The van der Waals surface area contributed by atoms with Gasteiger partial charge in [0.1, 0.15) is 5.58 Å². The molecule has 1 aliphatic carbocycles. The van der Waals surface area contributed by atoms with Gasteiger partial charge in [0.05, 0.1) is 33.5 Å². The van der Waals surface area contributed by atoms with Crippen LogP contribution in [0.3, 0.4) is 0 Å². The van der Waals surface area contributed by atoms with Gasteiger partial charge in [-0.15, -0.1) is 0 Å². The molecule has 0 bridgehead atoms. The molecule has 4 heteroatoms. The Labute approximate surface area is 421 Å². The number of hydrogen-bond acceptors (Lipinski definition) is 3. The predicted octanol–water partition coefficient (Wildman–Crippen LogP) is 18.6. The van der Waals surface area contributed by atoms with Crippen LogP contribution < -0.4 is 9.80 Å². The summed E-state index contributed by atoms with van der Waals surface area (Å²) in [5, 5.41) is 9.12. The summed E-state index contributed by atoms with van der Waals surface area (Å²) in [6.45, 7) is 0. The minimum atomic E-state index is -0.610. The molecule has 0 amide bonds. The van der Waals surface area contributed by atoms with E-state index in [0.29, 0.717) is 0 Å². The summed E-state index contributed by atoms with van der Waals surface area (Å²) >= 11 is 0. The molecule has 14 aromatic rings. The third kappa shape index (κ3) is 5.44. The fraction of sp³-hybridized carbons (Fsp3) is 0.0145. The lowest BCUT2D eigenvalue weighted by Gasteiger charge is -2.40. The van der Waals surface area contributed by atoms with E-state index >= 15 is 0 Å². The fourth-order valence-electron chi connectivity index (χ4n) is 13.0. The zero-order valence-electron chi connectivity index (χ0n) is 39.6. The summed E-state index contributed by atoms with van der Waals surface area (Å²) in [7, 11) is 0. The van der Waals surface area contributed by atoms with Crippen LogP contribution in [-0.2, 0) is 5.41 Å².